The second-order valence-electron chi connectivity index (χ2n) is 9.93. The highest BCUT2D eigenvalue weighted by molar-refractivity contribution is 5.82. The molecule has 2 atom stereocenters. The Morgan fingerprint density at radius 2 is 1.31 bits per heavy atom. The van der Waals surface area contributed by atoms with E-state index in [4.69, 9.17) is 0 Å². The van der Waals surface area contributed by atoms with Crippen LogP contribution in [0.1, 0.15) is 121 Å². The fourth-order valence-corrected chi connectivity index (χ4v) is 5.01. The predicted octanol–water partition coefficient (Wildman–Crippen LogP) is 7.48. The molecule has 1 saturated heterocycles. The van der Waals surface area contributed by atoms with Gasteiger partial charge in [0.25, 0.3) is 0 Å². The third kappa shape index (κ3) is 11.1. The first-order chi connectivity index (χ1) is 15.7. The Labute approximate surface area is 198 Å². The lowest BCUT2D eigenvalue weighted by atomic mass is 9.89. The molecule has 0 radical (unpaired) electrons. The molecule has 2 rings (SSSR count). The van der Waals surface area contributed by atoms with Crippen LogP contribution in [0.2, 0.25) is 0 Å². The van der Waals surface area contributed by atoms with Crippen molar-refractivity contribution < 1.29 is 9.90 Å². The SMILES string of the molecule is CCCCCCCCCCCCCCCC(=O)C(CN1CCCC1)C(O)c1ccccc1. The molecular weight excluding hydrogens is 394 g/mol. The minimum atomic E-state index is -0.689. The summed E-state index contributed by atoms with van der Waals surface area (Å²) in [7, 11) is 0. The topological polar surface area (TPSA) is 40.5 Å². The Hall–Kier alpha value is -1.19. The Bertz CT molecular complexity index is 582. The number of hydrogen-bond donors (Lipinski definition) is 1. The van der Waals surface area contributed by atoms with E-state index in [0.29, 0.717) is 13.0 Å². The molecule has 3 heteroatoms. The smallest absolute Gasteiger partial charge is 0.140 e. The first-order valence-corrected chi connectivity index (χ1v) is 13.7. The van der Waals surface area contributed by atoms with Crippen molar-refractivity contribution in [2.75, 3.05) is 19.6 Å². The minimum absolute atomic E-state index is 0.247. The van der Waals surface area contributed by atoms with Crippen LogP contribution in [0.3, 0.4) is 0 Å². The summed E-state index contributed by atoms with van der Waals surface area (Å²) in [6.45, 7) is 5.10. The average molecular weight is 444 g/mol. The second kappa shape index (κ2) is 17.3. The molecule has 1 aliphatic heterocycles. The van der Waals surface area contributed by atoms with Gasteiger partial charge in [0.05, 0.1) is 12.0 Å². The molecule has 1 aromatic rings. The van der Waals surface area contributed by atoms with Crippen LogP contribution in [0, 0.1) is 5.92 Å². The van der Waals surface area contributed by atoms with Gasteiger partial charge in [-0.25, -0.2) is 0 Å². The van der Waals surface area contributed by atoms with Gasteiger partial charge >= 0.3 is 0 Å². The summed E-state index contributed by atoms with van der Waals surface area (Å²) in [6, 6.07) is 9.74. The Kier molecular flexibility index (Phi) is 14.6. The number of likely N-dealkylation sites (tertiary alicyclic amines) is 1. The molecule has 32 heavy (non-hydrogen) atoms. The van der Waals surface area contributed by atoms with Crippen molar-refractivity contribution in [1.29, 1.82) is 0 Å². The Morgan fingerprint density at radius 3 is 1.84 bits per heavy atom. The van der Waals surface area contributed by atoms with Crippen LogP contribution in [0.25, 0.3) is 0 Å². The Balaban J connectivity index is 1.60. The first kappa shape index (κ1) is 27.1. The number of benzene rings is 1. The van der Waals surface area contributed by atoms with Gasteiger partial charge in [-0.15, -0.1) is 0 Å². The summed E-state index contributed by atoms with van der Waals surface area (Å²) in [5, 5.41) is 11.0. The molecule has 1 aliphatic rings. The number of carbonyl (C=O) groups excluding carboxylic acids is 1. The number of Topliss-reactive ketones (excluding diaryl/α,β-unsaturated/α-hetero) is 1. The zero-order valence-electron chi connectivity index (χ0n) is 20.8. The van der Waals surface area contributed by atoms with Crippen LogP contribution >= 0.6 is 0 Å². The largest absolute Gasteiger partial charge is 0.388 e. The maximum atomic E-state index is 13.1. The fourth-order valence-electron chi connectivity index (χ4n) is 5.01. The summed E-state index contributed by atoms with van der Waals surface area (Å²) in [5.74, 6) is -0.0517. The lowest BCUT2D eigenvalue weighted by Gasteiger charge is -2.27. The highest BCUT2D eigenvalue weighted by atomic mass is 16.3. The number of aliphatic hydroxyl groups is 1. The highest BCUT2D eigenvalue weighted by Crippen LogP contribution is 2.27. The standard InChI is InChI=1S/C29H49NO2/c1-2-3-4-5-6-7-8-9-10-11-12-13-17-22-28(31)27(25-30-23-18-19-24-30)29(32)26-20-15-14-16-21-26/h14-16,20-21,27,29,32H,2-13,17-19,22-25H2,1H3. The number of hydrogen-bond acceptors (Lipinski definition) is 3. The van der Waals surface area contributed by atoms with Crippen molar-refractivity contribution >= 4 is 5.78 Å². The third-order valence-corrected chi connectivity index (χ3v) is 7.12. The van der Waals surface area contributed by atoms with Crippen molar-refractivity contribution in [2.24, 2.45) is 5.92 Å². The maximum Gasteiger partial charge on any atom is 0.140 e. The molecule has 1 fully saturated rings. The molecule has 1 heterocycles. The molecule has 182 valence electrons. The number of carbonyl (C=O) groups is 1. The monoisotopic (exact) mass is 443 g/mol. The summed E-state index contributed by atoms with van der Waals surface area (Å²) < 4.78 is 0. The zero-order valence-corrected chi connectivity index (χ0v) is 20.8. The van der Waals surface area contributed by atoms with Crippen molar-refractivity contribution in [3.63, 3.8) is 0 Å². The molecule has 0 aliphatic carbocycles. The second-order valence-corrected chi connectivity index (χ2v) is 9.93. The molecule has 0 bridgehead atoms. The molecular formula is C29H49NO2. The molecule has 0 spiro atoms. The van der Waals surface area contributed by atoms with E-state index in [1.54, 1.807) is 0 Å². The lowest BCUT2D eigenvalue weighted by molar-refractivity contribution is -0.127. The molecule has 3 nitrogen and oxygen atoms in total. The van der Waals surface area contributed by atoms with E-state index in [-0.39, 0.29) is 11.7 Å². The lowest BCUT2D eigenvalue weighted by Crippen LogP contribution is -2.35. The molecule has 0 aromatic heterocycles. The predicted molar refractivity (Wildman–Crippen MR) is 136 cm³/mol. The van der Waals surface area contributed by atoms with Gasteiger partial charge in [0.2, 0.25) is 0 Å². The van der Waals surface area contributed by atoms with Crippen LogP contribution in [-0.4, -0.2) is 35.4 Å². The van der Waals surface area contributed by atoms with Crippen LogP contribution < -0.4 is 0 Å². The van der Waals surface area contributed by atoms with Crippen molar-refractivity contribution in [3.05, 3.63) is 35.9 Å². The van der Waals surface area contributed by atoms with E-state index in [1.807, 2.05) is 30.3 Å². The van der Waals surface area contributed by atoms with Gasteiger partial charge in [-0.3, -0.25) is 4.79 Å². The van der Waals surface area contributed by atoms with E-state index < -0.39 is 6.10 Å². The van der Waals surface area contributed by atoms with Crippen molar-refractivity contribution in [2.45, 2.75) is 116 Å². The van der Waals surface area contributed by atoms with Crippen molar-refractivity contribution in [3.8, 4) is 0 Å². The number of rotatable bonds is 19. The average Bonchev–Trinajstić information content (AvgIpc) is 3.34. The number of nitrogens with zero attached hydrogens (tertiary/aromatic N) is 1. The maximum absolute atomic E-state index is 13.1. The minimum Gasteiger partial charge on any atom is -0.388 e. The number of unbranched alkanes of at least 4 members (excludes halogenated alkanes) is 12. The number of aliphatic hydroxyl groups excluding tert-OH is 1. The highest BCUT2D eigenvalue weighted by Gasteiger charge is 2.30. The molecule has 2 unspecified atom stereocenters. The van der Waals surface area contributed by atoms with Gasteiger partial charge in [-0.05, 0) is 37.9 Å². The normalized spacial score (nSPS) is 16.3. The first-order valence-electron chi connectivity index (χ1n) is 13.7. The number of ketones is 1. The van der Waals surface area contributed by atoms with E-state index >= 15 is 0 Å². The fraction of sp³-hybridized carbons (Fsp3) is 0.759. The molecule has 1 N–H and O–H groups in total. The van der Waals surface area contributed by atoms with Crippen LogP contribution in [-0.2, 0) is 4.79 Å². The summed E-state index contributed by atoms with van der Waals surface area (Å²) in [6.07, 6.45) is 19.5. The van der Waals surface area contributed by atoms with Gasteiger partial charge < -0.3 is 10.0 Å². The zero-order chi connectivity index (χ0) is 22.9. The van der Waals surface area contributed by atoms with Crippen LogP contribution in [0.5, 0.6) is 0 Å². The van der Waals surface area contributed by atoms with Crippen LogP contribution in [0.15, 0.2) is 30.3 Å². The summed E-state index contributed by atoms with van der Waals surface area (Å²) >= 11 is 0. The molecule has 0 amide bonds. The summed E-state index contributed by atoms with van der Waals surface area (Å²) in [4.78, 5) is 15.4. The quantitative estimate of drug-likeness (QED) is 0.225. The van der Waals surface area contributed by atoms with E-state index in [1.165, 1.54) is 83.5 Å². The van der Waals surface area contributed by atoms with E-state index in [9.17, 15) is 9.90 Å². The van der Waals surface area contributed by atoms with Gasteiger partial charge in [0.1, 0.15) is 5.78 Å². The Morgan fingerprint density at radius 1 is 0.812 bits per heavy atom. The van der Waals surface area contributed by atoms with Crippen molar-refractivity contribution in [1.82, 2.24) is 4.90 Å². The van der Waals surface area contributed by atoms with Gasteiger partial charge in [-0.2, -0.15) is 0 Å². The molecule has 1 aromatic carbocycles. The summed E-state index contributed by atoms with van der Waals surface area (Å²) in [5.41, 5.74) is 0.871. The van der Waals surface area contributed by atoms with Gasteiger partial charge in [-0.1, -0.05) is 114 Å². The third-order valence-electron chi connectivity index (χ3n) is 7.12. The van der Waals surface area contributed by atoms with Crippen LogP contribution in [0.4, 0.5) is 0 Å². The van der Waals surface area contributed by atoms with Gasteiger partial charge in [0, 0.05) is 13.0 Å². The van der Waals surface area contributed by atoms with E-state index in [2.05, 4.69) is 11.8 Å². The van der Waals surface area contributed by atoms with E-state index in [0.717, 1.165) is 31.5 Å². The molecule has 0 saturated carbocycles. The van der Waals surface area contributed by atoms with Gasteiger partial charge in [0.15, 0.2) is 0 Å².